The van der Waals surface area contributed by atoms with Crippen LogP contribution >= 0.6 is 0 Å². The number of benzene rings is 3. The van der Waals surface area contributed by atoms with E-state index in [-0.39, 0.29) is 19.8 Å². The van der Waals surface area contributed by atoms with Crippen LogP contribution < -0.4 is 9.47 Å². The molecule has 0 aliphatic carbocycles. The lowest BCUT2D eigenvalue weighted by Crippen LogP contribution is -2.61. The minimum absolute atomic E-state index is 0.265. The van der Waals surface area contributed by atoms with E-state index in [0.29, 0.717) is 11.5 Å². The quantitative estimate of drug-likeness (QED) is 0.474. The lowest BCUT2D eigenvalue weighted by molar-refractivity contribution is -0.297. The van der Waals surface area contributed by atoms with E-state index in [1.807, 2.05) is 60.7 Å². The van der Waals surface area contributed by atoms with Gasteiger partial charge in [0.2, 0.25) is 6.29 Å². The standard InChI is InChI=1S/C27H30O7/c1-30-21-12-14-22(15-13-21)33-27-24(29)26(32-18-20-10-6-3-7-11-20)25(23(16-28)34-27)31-17-19-8-4-2-5-9-19/h2-15,23-29H,16-18H2,1H3/t23?,24?,25-,26?,27+/m1/s1. The maximum atomic E-state index is 11.2. The average molecular weight is 467 g/mol. The van der Waals surface area contributed by atoms with E-state index in [0.717, 1.165) is 11.1 Å². The maximum Gasteiger partial charge on any atom is 0.229 e. The molecule has 1 saturated heterocycles. The first-order chi connectivity index (χ1) is 16.7. The fourth-order valence-corrected chi connectivity index (χ4v) is 3.85. The third-order valence-electron chi connectivity index (χ3n) is 5.68. The number of aliphatic hydroxyl groups is 2. The van der Waals surface area contributed by atoms with Crippen molar-refractivity contribution in [3.05, 3.63) is 96.1 Å². The van der Waals surface area contributed by atoms with E-state index in [1.165, 1.54) is 0 Å². The molecule has 180 valence electrons. The molecule has 0 radical (unpaired) electrons. The summed E-state index contributed by atoms with van der Waals surface area (Å²) in [5.74, 6) is 1.18. The first-order valence-corrected chi connectivity index (χ1v) is 11.2. The number of rotatable bonds is 10. The Morgan fingerprint density at radius 3 is 1.79 bits per heavy atom. The van der Waals surface area contributed by atoms with Gasteiger partial charge in [0, 0.05) is 0 Å². The molecule has 3 unspecified atom stereocenters. The van der Waals surface area contributed by atoms with Gasteiger partial charge in [0.25, 0.3) is 0 Å². The van der Waals surface area contributed by atoms with Crippen LogP contribution in [0.25, 0.3) is 0 Å². The van der Waals surface area contributed by atoms with Gasteiger partial charge in [-0.25, -0.2) is 0 Å². The van der Waals surface area contributed by atoms with Gasteiger partial charge < -0.3 is 33.9 Å². The van der Waals surface area contributed by atoms with Gasteiger partial charge in [0.15, 0.2) is 0 Å². The zero-order valence-electron chi connectivity index (χ0n) is 19.0. The molecule has 1 aliphatic rings. The third kappa shape index (κ3) is 6.14. The molecule has 1 aliphatic heterocycles. The molecule has 0 amide bonds. The third-order valence-corrected chi connectivity index (χ3v) is 5.68. The molecule has 0 spiro atoms. The molecule has 7 nitrogen and oxygen atoms in total. The molecular formula is C27H30O7. The highest BCUT2D eigenvalue weighted by Crippen LogP contribution is 2.30. The predicted octanol–water partition coefficient (Wildman–Crippen LogP) is 3.32. The molecule has 0 bridgehead atoms. The maximum absolute atomic E-state index is 11.2. The highest BCUT2D eigenvalue weighted by atomic mass is 16.7. The average Bonchev–Trinajstić information content (AvgIpc) is 2.89. The van der Waals surface area contributed by atoms with Crippen LogP contribution in [0, 0.1) is 0 Å². The Kier molecular flexibility index (Phi) is 8.51. The van der Waals surface area contributed by atoms with E-state index in [1.54, 1.807) is 31.4 Å². The summed E-state index contributed by atoms with van der Waals surface area (Å²) in [5.41, 5.74) is 1.92. The molecule has 2 N–H and O–H groups in total. The smallest absolute Gasteiger partial charge is 0.229 e. The number of aliphatic hydroxyl groups excluding tert-OH is 2. The molecule has 3 aromatic rings. The first-order valence-electron chi connectivity index (χ1n) is 11.2. The minimum Gasteiger partial charge on any atom is -0.497 e. The Bertz CT molecular complexity index is 981. The lowest BCUT2D eigenvalue weighted by Gasteiger charge is -2.43. The van der Waals surface area contributed by atoms with Gasteiger partial charge in [0.1, 0.15) is 35.9 Å². The van der Waals surface area contributed by atoms with Crippen LogP contribution in [-0.4, -0.2) is 54.6 Å². The largest absolute Gasteiger partial charge is 0.497 e. The molecule has 3 aromatic carbocycles. The SMILES string of the molecule is COc1ccc(O[C@H]2OC(CO)[C@@H](OCc3ccccc3)C(OCc3ccccc3)C2O)cc1. The molecule has 4 rings (SSSR count). The summed E-state index contributed by atoms with van der Waals surface area (Å²) in [6.45, 7) is 0.230. The van der Waals surface area contributed by atoms with Gasteiger partial charge in [-0.3, -0.25) is 0 Å². The molecule has 7 heteroatoms. The summed E-state index contributed by atoms with van der Waals surface area (Å²) in [6, 6.07) is 26.3. The zero-order valence-corrected chi connectivity index (χ0v) is 19.0. The van der Waals surface area contributed by atoms with Crippen LogP contribution in [0.1, 0.15) is 11.1 Å². The van der Waals surface area contributed by atoms with Gasteiger partial charge in [-0.1, -0.05) is 60.7 Å². The summed E-state index contributed by atoms with van der Waals surface area (Å²) >= 11 is 0. The lowest BCUT2D eigenvalue weighted by atomic mass is 9.98. The molecular weight excluding hydrogens is 436 g/mol. The molecule has 1 heterocycles. The summed E-state index contributed by atoms with van der Waals surface area (Å²) < 4.78 is 29.3. The molecule has 5 atom stereocenters. The Morgan fingerprint density at radius 2 is 1.26 bits per heavy atom. The Balaban J connectivity index is 1.52. The normalized spacial score (nSPS) is 24.5. The van der Waals surface area contributed by atoms with Crippen LogP contribution in [0.2, 0.25) is 0 Å². The molecule has 0 aromatic heterocycles. The van der Waals surface area contributed by atoms with Crippen molar-refractivity contribution in [2.75, 3.05) is 13.7 Å². The van der Waals surface area contributed by atoms with E-state index in [9.17, 15) is 10.2 Å². The Labute approximate surface area is 199 Å². The van der Waals surface area contributed by atoms with Gasteiger partial charge in [-0.05, 0) is 35.4 Å². The molecule has 0 saturated carbocycles. The second kappa shape index (κ2) is 12.0. The Morgan fingerprint density at radius 1 is 0.735 bits per heavy atom. The van der Waals surface area contributed by atoms with Crippen LogP contribution in [0.4, 0.5) is 0 Å². The first kappa shape index (κ1) is 24.2. The van der Waals surface area contributed by atoms with Crippen molar-refractivity contribution < 1.29 is 33.9 Å². The highest BCUT2D eigenvalue weighted by molar-refractivity contribution is 5.31. The summed E-state index contributed by atoms with van der Waals surface area (Å²) in [6.07, 6.45) is -4.47. The highest BCUT2D eigenvalue weighted by Gasteiger charge is 2.48. The van der Waals surface area contributed by atoms with E-state index in [2.05, 4.69) is 0 Å². The van der Waals surface area contributed by atoms with Gasteiger partial charge in [0.05, 0.1) is 26.9 Å². The van der Waals surface area contributed by atoms with Crippen molar-refractivity contribution in [2.45, 2.75) is 43.9 Å². The topological polar surface area (TPSA) is 86.6 Å². The van der Waals surface area contributed by atoms with E-state index in [4.69, 9.17) is 23.7 Å². The number of methoxy groups -OCH3 is 1. The fourth-order valence-electron chi connectivity index (χ4n) is 3.85. The van der Waals surface area contributed by atoms with Crippen molar-refractivity contribution >= 4 is 0 Å². The fraction of sp³-hybridized carbons (Fsp3) is 0.333. The zero-order chi connectivity index (χ0) is 23.8. The minimum atomic E-state index is -1.16. The second-order valence-electron chi connectivity index (χ2n) is 8.03. The van der Waals surface area contributed by atoms with E-state index >= 15 is 0 Å². The summed E-state index contributed by atoms with van der Waals surface area (Å²) in [4.78, 5) is 0. The monoisotopic (exact) mass is 466 g/mol. The van der Waals surface area contributed by atoms with E-state index < -0.39 is 30.7 Å². The van der Waals surface area contributed by atoms with Gasteiger partial charge in [-0.15, -0.1) is 0 Å². The summed E-state index contributed by atoms with van der Waals surface area (Å²) in [5, 5.41) is 21.3. The van der Waals surface area contributed by atoms with Crippen molar-refractivity contribution in [1.29, 1.82) is 0 Å². The van der Waals surface area contributed by atoms with Crippen LogP contribution in [-0.2, 0) is 27.4 Å². The number of hydrogen-bond acceptors (Lipinski definition) is 7. The van der Waals surface area contributed by atoms with Crippen molar-refractivity contribution in [3.8, 4) is 11.5 Å². The second-order valence-corrected chi connectivity index (χ2v) is 8.03. The molecule has 34 heavy (non-hydrogen) atoms. The number of ether oxygens (including phenoxy) is 5. The van der Waals surface area contributed by atoms with Crippen LogP contribution in [0.5, 0.6) is 11.5 Å². The van der Waals surface area contributed by atoms with Gasteiger partial charge in [-0.2, -0.15) is 0 Å². The van der Waals surface area contributed by atoms with Crippen molar-refractivity contribution in [3.63, 3.8) is 0 Å². The van der Waals surface area contributed by atoms with Crippen LogP contribution in [0.15, 0.2) is 84.9 Å². The van der Waals surface area contributed by atoms with Crippen molar-refractivity contribution in [1.82, 2.24) is 0 Å². The predicted molar refractivity (Wildman–Crippen MR) is 125 cm³/mol. The number of hydrogen-bond donors (Lipinski definition) is 2. The Hall–Kier alpha value is -2.94. The summed E-state index contributed by atoms with van der Waals surface area (Å²) in [7, 11) is 1.58. The van der Waals surface area contributed by atoms with Gasteiger partial charge >= 0.3 is 0 Å². The van der Waals surface area contributed by atoms with Crippen molar-refractivity contribution in [2.24, 2.45) is 0 Å². The molecule has 1 fully saturated rings. The van der Waals surface area contributed by atoms with Crippen LogP contribution in [0.3, 0.4) is 0 Å².